The molecule has 71 heavy (non-hydrogen) atoms. The zero-order chi connectivity index (χ0) is 53.2. The van der Waals surface area contributed by atoms with Crippen molar-refractivity contribution < 1.29 is 104 Å². The minimum atomic E-state index is -5.79. The highest BCUT2D eigenvalue weighted by atomic mass is 31.2. The van der Waals surface area contributed by atoms with Gasteiger partial charge in [-0.15, -0.1) is 0 Å². The van der Waals surface area contributed by atoms with Crippen LogP contribution in [0.1, 0.15) is 206 Å². The SMILES string of the molecule is CCCCCCCCC=CCCCCCCCC(=O)O[C@H](COC(=O)CCCCCCCCCCCCCCCCC)COP(=O)(O)OC1C(O)C(OP(=O)(O)O)C(OP(=O)(O)O)[C@@H](OP(=O)(O)O)C1O. The molecule has 6 unspecified atom stereocenters. The summed E-state index contributed by atoms with van der Waals surface area (Å²) < 4.78 is 82.2. The van der Waals surface area contributed by atoms with Crippen molar-refractivity contribution in [2.75, 3.05) is 13.2 Å². The summed E-state index contributed by atoms with van der Waals surface area (Å²) in [7, 11) is -23.0. The molecular weight excluding hydrogens is 1020 g/mol. The van der Waals surface area contributed by atoms with Gasteiger partial charge >= 0.3 is 43.2 Å². The Morgan fingerprint density at radius 2 is 0.775 bits per heavy atom. The molecule has 22 nitrogen and oxygen atoms in total. The van der Waals surface area contributed by atoms with E-state index in [0.29, 0.717) is 19.3 Å². The van der Waals surface area contributed by atoms with Crippen LogP contribution in [-0.2, 0) is 59.9 Å². The van der Waals surface area contributed by atoms with E-state index in [1.807, 2.05) is 0 Å². The Morgan fingerprint density at radius 1 is 0.437 bits per heavy atom. The molecule has 0 aromatic carbocycles. The number of esters is 2. The molecule has 0 aromatic heterocycles. The van der Waals surface area contributed by atoms with Gasteiger partial charge in [-0.3, -0.25) is 32.2 Å². The predicted octanol–water partition coefficient (Wildman–Crippen LogP) is 9.41. The van der Waals surface area contributed by atoms with Gasteiger partial charge in [-0.2, -0.15) is 0 Å². The number of aliphatic hydroxyl groups excluding tert-OH is 2. The Kier molecular flexibility index (Phi) is 37.0. The third-order valence-electron chi connectivity index (χ3n) is 11.8. The minimum Gasteiger partial charge on any atom is -0.462 e. The highest BCUT2D eigenvalue weighted by Gasteiger charge is 2.59. The molecule has 1 aliphatic rings. The van der Waals surface area contributed by atoms with Crippen molar-refractivity contribution in [1.82, 2.24) is 0 Å². The van der Waals surface area contributed by atoms with Crippen LogP contribution in [0.4, 0.5) is 0 Å². The number of carbonyl (C=O) groups is 2. The molecule has 8 atom stereocenters. The number of allylic oxidation sites excluding steroid dienone is 2. The molecule has 0 saturated heterocycles. The van der Waals surface area contributed by atoms with Crippen molar-refractivity contribution in [1.29, 1.82) is 0 Å². The Morgan fingerprint density at radius 3 is 1.15 bits per heavy atom. The van der Waals surface area contributed by atoms with Gasteiger partial charge in [-0.1, -0.05) is 167 Å². The Balaban J connectivity index is 2.87. The van der Waals surface area contributed by atoms with Crippen LogP contribution in [-0.4, -0.2) is 112 Å². The van der Waals surface area contributed by atoms with Gasteiger partial charge < -0.3 is 53.9 Å². The van der Waals surface area contributed by atoms with Crippen LogP contribution in [0, 0.1) is 0 Å². The summed E-state index contributed by atoms with van der Waals surface area (Å²) in [6.45, 7) is 2.77. The van der Waals surface area contributed by atoms with Gasteiger partial charge in [-0.05, 0) is 38.5 Å². The summed E-state index contributed by atoms with van der Waals surface area (Å²) in [5.74, 6) is -1.40. The molecule has 0 spiro atoms. The van der Waals surface area contributed by atoms with Crippen molar-refractivity contribution in [2.24, 2.45) is 0 Å². The summed E-state index contributed by atoms with van der Waals surface area (Å²) in [5, 5.41) is 21.9. The first-order valence-corrected chi connectivity index (χ1v) is 31.8. The van der Waals surface area contributed by atoms with Gasteiger partial charge in [-0.25, -0.2) is 18.3 Å². The van der Waals surface area contributed by atoms with Crippen molar-refractivity contribution >= 4 is 43.2 Å². The molecule has 420 valence electrons. The monoisotopic (exact) mass is 1100 g/mol. The van der Waals surface area contributed by atoms with Crippen LogP contribution in [0.25, 0.3) is 0 Å². The van der Waals surface area contributed by atoms with Crippen LogP contribution >= 0.6 is 31.3 Å². The lowest BCUT2D eigenvalue weighted by Gasteiger charge is -2.45. The molecular formula is C45H88O22P4. The summed E-state index contributed by atoms with van der Waals surface area (Å²) >= 11 is 0. The Labute approximate surface area is 421 Å². The lowest BCUT2D eigenvalue weighted by molar-refractivity contribution is -0.209. The molecule has 0 amide bonds. The Hall–Kier alpha value is -0.960. The van der Waals surface area contributed by atoms with Gasteiger partial charge in [0.05, 0.1) is 6.61 Å². The average molecular weight is 1110 g/mol. The largest absolute Gasteiger partial charge is 0.472 e. The van der Waals surface area contributed by atoms with E-state index in [2.05, 4.69) is 39.6 Å². The number of phosphoric acid groups is 4. The molecule has 9 N–H and O–H groups in total. The maximum Gasteiger partial charge on any atom is 0.472 e. The second kappa shape index (κ2) is 38.6. The second-order valence-electron chi connectivity index (χ2n) is 18.3. The average Bonchev–Trinajstić information content (AvgIpc) is 3.27. The fraction of sp³-hybridized carbons (Fsp3) is 0.911. The van der Waals surface area contributed by atoms with Gasteiger partial charge in [0.1, 0.15) is 43.2 Å². The van der Waals surface area contributed by atoms with Crippen molar-refractivity contribution in [3.8, 4) is 0 Å². The zero-order valence-corrected chi connectivity index (χ0v) is 45.5. The molecule has 1 aliphatic carbocycles. The molecule has 26 heteroatoms. The van der Waals surface area contributed by atoms with Crippen LogP contribution < -0.4 is 0 Å². The number of hydrogen-bond acceptors (Lipinski definition) is 15. The summed E-state index contributed by atoms with van der Waals surface area (Å²) in [4.78, 5) is 92.9. The van der Waals surface area contributed by atoms with Crippen LogP contribution in [0.15, 0.2) is 12.2 Å². The van der Waals surface area contributed by atoms with Crippen molar-refractivity contribution in [2.45, 2.75) is 249 Å². The predicted molar refractivity (Wildman–Crippen MR) is 263 cm³/mol. The number of hydrogen-bond donors (Lipinski definition) is 9. The smallest absolute Gasteiger partial charge is 0.462 e. The molecule has 1 fully saturated rings. The lowest BCUT2D eigenvalue weighted by Crippen LogP contribution is -2.65. The topological polar surface area (TPSA) is 349 Å². The van der Waals surface area contributed by atoms with E-state index in [1.54, 1.807) is 0 Å². The lowest BCUT2D eigenvalue weighted by atomic mass is 9.85. The summed E-state index contributed by atoms with van der Waals surface area (Å²) in [6.07, 6.45) is 17.0. The first-order valence-electron chi connectivity index (χ1n) is 25.7. The minimum absolute atomic E-state index is 0.0379. The van der Waals surface area contributed by atoms with Gasteiger partial charge in [0.15, 0.2) is 6.10 Å². The van der Waals surface area contributed by atoms with E-state index in [-0.39, 0.29) is 12.8 Å². The number of ether oxygens (including phenoxy) is 2. The van der Waals surface area contributed by atoms with Crippen LogP contribution in [0.3, 0.4) is 0 Å². The normalized spacial score (nSPS) is 21.3. The number of rotatable bonds is 45. The first kappa shape index (κ1) is 68.1. The highest BCUT2D eigenvalue weighted by Crippen LogP contribution is 2.53. The van der Waals surface area contributed by atoms with Crippen molar-refractivity contribution in [3.63, 3.8) is 0 Å². The van der Waals surface area contributed by atoms with E-state index in [1.165, 1.54) is 96.3 Å². The van der Waals surface area contributed by atoms with E-state index in [0.717, 1.165) is 64.2 Å². The number of unbranched alkanes of at least 4 members (excludes halogenated alkanes) is 25. The zero-order valence-electron chi connectivity index (χ0n) is 41.9. The van der Waals surface area contributed by atoms with Crippen molar-refractivity contribution in [3.05, 3.63) is 12.2 Å². The maximum absolute atomic E-state index is 13.3. The van der Waals surface area contributed by atoms with E-state index in [4.69, 9.17) is 18.5 Å². The number of phosphoric ester groups is 4. The molecule has 1 rings (SSSR count). The molecule has 0 radical (unpaired) electrons. The van der Waals surface area contributed by atoms with Gasteiger partial charge in [0, 0.05) is 12.8 Å². The maximum atomic E-state index is 13.3. The third kappa shape index (κ3) is 36.6. The summed E-state index contributed by atoms with van der Waals surface area (Å²) in [6, 6.07) is 0. The summed E-state index contributed by atoms with van der Waals surface area (Å²) in [5.41, 5.74) is 0. The highest BCUT2D eigenvalue weighted by molar-refractivity contribution is 7.47. The molecule has 0 bridgehead atoms. The van der Waals surface area contributed by atoms with Crippen LogP contribution in [0.5, 0.6) is 0 Å². The van der Waals surface area contributed by atoms with Gasteiger partial charge in [0.2, 0.25) is 0 Å². The fourth-order valence-electron chi connectivity index (χ4n) is 8.08. The third-order valence-corrected chi connectivity index (χ3v) is 14.3. The fourth-order valence-corrected chi connectivity index (χ4v) is 10.7. The molecule has 1 saturated carbocycles. The number of aliphatic hydroxyl groups is 2. The molecule has 0 heterocycles. The number of carbonyl (C=O) groups excluding carboxylic acids is 2. The first-order chi connectivity index (χ1) is 33.5. The van der Waals surface area contributed by atoms with Gasteiger partial charge in [0.25, 0.3) is 0 Å². The van der Waals surface area contributed by atoms with E-state index in [9.17, 15) is 72.3 Å². The van der Waals surface area contributed by atoms with E-state index < -0.39 is 99.2 Å². The standard InChI is InChI=1S/C45H88O22P4/c1-3-5-7-9-11-13-15-17-19-21-23-25-27-29-31-33-38(46)61-35-37(63-39(47)34-32-30-28-26-24-22-20-18-16-14-12-10-8-6-4-2)36-62-71(59,60)67-42-40(48)43(64-68(50,51)52)45(66-70(56,57)58)44(41(42)49)65-69(53,54)55/h18,20,37,40-45,48-49H,3-17,19,21-36H2,1-2H3,(H,59,60)(H2,50,51,52)(H2,53,54,55)(H2,56,57,58)/t37-,40?,41?,42?,43+,44?,45?/m1/s1. The van der Waals surface area contributed by atoms with E-state index >= 15 is 0 Å². The quantitative estimate of drug-likeness (QED) is 0.0119. The second-order valence-corrected chi connectivity index (χ2v) is 23.3. The molecule has 0 aliphatic heterocycles. The molecule has 0 aromatic rings. The Bertz CT molecular complexity index is 1600. The van der Waals surface area contributed by atoms with Crippen LogP contribution in [0.2, 0.25) is 0 Å².